The van der Waals surface area contributed by atoms with Crippen LogP contribution < -0.4 is 4.72 Å². The second-order valence-electron chi connectivity index (χ2n) is 3.29. The summed E-state index contributed by atoms with van der Waals surface area (Å²) in [7, 11) is -3.73. The van der Waals surface area contributed by atoms with Gasteiger partial charge in [0.2, 0.25) is 10.0 Å². The van der Waals surface area contributed by atoms with Crippen molar-refractivity contribution in [1.82, 2.24) is 0 Å². The van der Waals surface area contributed by atoms with Gasteiger partial charge in [0.05, 0.1) is 5.25 Å². The van der Waals surface area contributed by atoms with Crippen molar-refractivity contribution in [3.05, 3.63) is 29.8 Å². The number of anilines is 1. The smallest absolute Gasteiger partial charge is 0.235 e. The van der Waals surface area contributed by atoms with Crippen molar-refractivity contribution in [2.24, 2.45) is 0 Å². The van der Waals surface area contributed by atoms with E-state index in [2.05, 4.69) is 0 Å². The molecule has 0 aliphatic heterocycles. The fourth-order valence-electron chi connectivity index (χ4n) is 0.855. The monoisotopic (exact) mass is 235 g/mol. The Morgan fingerprint density at radius 1 is 1.20 bits per heavy atom. The first-order valence-electron chi connectivity index (χ1n) is 4.30. The molecule has 0 spiro atoms. The van der Waals surface area contributed by atoms with Crippen LogP contribution >= 0.6 is 0 Å². The molecule has 1 aromatic carbocycles. The van der Waals surface area contributed by atoms with Gasteiger partial charge in [0, 0.05) is 0 Å². The molecule has 1 N–H and O–H groups in total. The Morgan fingerprint density at radius 2 is 1.67 bits per heavy atom. The van der Waals surface area contributed by atoms with E-state index < -0.39 is 32.6 Å². The van der Waals surface area contributed by atoms with Crippen LogP contribution in [0.5, 0.6) is 0 Å². The Hall–Kier alpha value is -1.17. The molecule has 0 radical (unpaired) electrons. The Balaban J connectivity index is 3.11. The third-order valence-corrected chi connectivity index (χ3v) is 3.56. The average Bonchev–Trinajstić information content (AvgIpc) is 2.11. The number of rotatable bonds is 3. The van der Waals surface area contributed by atoms with E-state index in [0.29, 0.717) is 0 Å². The standard InChI is InChI=1S/C9H11F2NO2S/c1-6(2)15(13,14)12-9-7(10)4-3-5-8(9)11/h3-6,12H,1-2H3. The van der Waals surface area contributed by atoms with Gasteiger partial charge >= 0.3 is 0 Å². The first kappa shape index (κ1) is 11.9. The van der Waals surface area contributed by atoms with E-state index in [9.17, 15) is 17.2 Å². The van der Waals surface area contributed by atoms with Crippen LogP contribution in [0.1, 0.15) is 13.8 Å². The van der Waals surface area contributed by atoms with Gasteiger partial charge in [-0.25, -0.2) is 17.2 Å². The predicted molar refractivity (Wildman–Crippen MR) is 54.0 cm³/mol. The molecule has 0 saturated heterocycles. The average molecular weight is 235 g/mol. The molecular weight excluding hydrogens is 224 g/mol. The summed E-state index contributed by atoms with van der Waals surface area (Å²) in [5.41, 5.74) is -0.633. The zero-order valence-corrected chi connectivity index (χ0v) is 9.11. The highest BCUT2D eigenvalue weighted by molar-refractivity contribution is 7.93. The van der Waals surface area contributed by atoms with Crippen LogP contribution in [0.25, 0.3) is 0 Å². The van der Waals surface area contributed by atoms with Gasteiger partial charge in [0.15, 0.2) is 0 Å². The minimum absolute atomic E-state index is 0.633. The molecule has 1 aromatic rings. The summed E-state index contributed by atoms with van der Waals surface area (Å²) in [6, 6.07) is 3.14. The fourth-order valence-corrected chi connectivity index (χ4v) is 1.57. The van der Waals surface area contributed by atoms with E-state index in [-0.39, 0.29) is 0 Å². The summed E-state index contributed by atoms with van der Waals surface area (Å²) in [6.45, 7) is 2.84. The van der Waals surface area contributed by atoms with E-state index in [4.69, 9.17) is 0 Å². The van der Waals surface area contributed by atoms with Gasteiger partial charge in [0.25, 0.3) is 0 Å². The van der Waals surface area contributed by atoms with Crippen molar-refractivity contribution < 1.29 is 17.2 Å². The van der Waals surface area contributed by atoms with Gasteiger partial charge < -0.3 is 0 Å². The third kappa shape index (κ3) is 2.65. The van der Waals surface area contributed by atoms with E-state index in [1.54, 1.807) is 0 Å². The highest BCUT2D eigenvalue weighted by atomic mass is 32.2. The minimum atomic E-state index is -3.73. The van der Waals surface area contributed by atoms with Crippen LogP contribution in [0.4, 0.5) is 14.5 Å². The lowest BCUT2D eigenvalue weighted by molar-refractivity contribution is 0.579. The quantitative estimate of drug-likeness (QED) is 0.872. The maximum absolute atomic E-state index is 13.1. The molecule has 0 bridgehead atoms. The molecule has 0 aliphatic carbocycles. The molecule has 15 heavy (non-hydrogen) atoms. The largest absolute Gasteiger partial charge is 0.278 e. The van der Waals surface area contributed by atoms with Gasteiger partial charge in [-0.2, -0.15) is 0 Å². The van der Waals surface area contributed by atoms with Crippen LogP contribution in [0, 0.1) is 11.6 Å². The van der Waals surface area contributed by atoms with Gasteiger partial charge in [-0.05, 0) is 26.0 Å². The number of hydrogen-bond acceptors (Lipinski definition) is 2. The van der Waals surface area contributed by atoms with Crippen LogP contribution in [0.3, 0.4) is 0 Å². The summed E-state index contributed by atoms with van der Waals surface area (Å²) in [5, 5.41) is -0.753. The van der Waals surface area contributed by atoms with Crippen molar-refractivity contribution in [2.75, 3.05) is 4.72 Å². The van der Waals surface area contributed by atoms with Crippen molar-refractivity contribution in [2.45, 2.75) is 19.1 Å². The maximum Gasteiger partial charge on any atom is 0.235 e. The molecule has 3 nitrogen and oxygen atoms in total. The fraction of sp³-hybridized carbons (Fsp3) is 0.333. The second kappa shape index (κ2) is 4.14. The second-order valence-corrected chi connectivity index (χ2v) is 5.53. The Kier molecular flexibility index (Phi) is 3.28. The van der Waals surface area contributed by atoms with Crippen LogP contribution in [0.2, 0.25) is 0 Å². The highest BCUT2D eigenvalue weighted by Crippen LogP contribution is 2.20. The lowest BCUT2D eigenvalue weighted by atomic mass is 10.3. The Bertz CT molecular complexity index is 437. The van der Waals surface area contributed by atoms with Crippen molar-refractivity contribution >= 4 is 15.7 Å². The molecule has 0 amide bonds. The third-order valence-electron chi connectivity index (χ3n) is 1.83. The summed E-state index contributed by atoms with van der Waals surface area (Å²) in [5.74, 6) is -1.86. The number of sulfonamides is 1. The van der Waals surface area contributed by atoms with Gasteiger partial charge in [0.1, 0.15) is 17.3 Å². The number of halogens is 2. The van der Waals surface area contributed by atoms with Gasteiger partial charge in [-0.1, -0.05) is 6.07 Å². The zero-order chi connectivity index (χ0) is 11.6. The number of hydrogen-bond donors (Lipinski definition) is 1. The number of benzene rings is 1. The van der Waals surface area contributed by atoms with E-state index in [0.717, 1.165) is 18.2 Å². The molecule has 84 valence electrons. The molecule has 1 rings (SSSR count). The molecule has 0 atom stereocenters. The van der Waals surface area contributed by atoms with E-state index in [1.807, 2.05) is 4.72 Å². The number of nitrogens with one attached hydrogen (secondary N) is 1. The lowest BCUT2D eigenvalue weighted by Gasteiger charge is -2.11. The molecule has 0 unspecified atom stereocenters. The van der Waals surface area contributed by atoms with Crippen LogP contribution in [0.15, 0.2) is 18.2 Å². The Labute approximate surface area is 87.2 Å². The van der Waals surface area contributed by atoms with Crippen molar-refractivity contribution in [3.63, 3.8) is 0 Å². The molecule has 0 aromatic heterocycles. The highest BCUT2D eigenvalue weighted by Gasteiger charge is 2.19. The lowest BCUT2D eigenvalue weighted by Crippen LogP contribution is -2.23. The zero-order valence-electron chi connectivity index (χ0n) is 8.29. The van der Waals surface area contributed by atoms with Gasteiger partial charge in [-0.15, -0.1) is 0 Å². The molecular formula is C9H11F2NO2S. The van der Waals surface area contributed by atoms with Crippen LogP contribution in [-0.2, 0) is 10.0 Å². The van der Waals surface area contributed by atoms with Crippen molar-refractivity contribution in [3.8, 4) is 0 Å². The molecule has 0 aliphatic rings. The van der Waals surface area contributed by atoms with Gasteiger partial charge in [-0.3, -0.25) is 4.72 Å². The maximum atomic E-state index is 13.1. The topological polar surface area (TPSA) is 46.2 Å². The summed E-state index contributed by atoms with van der Waals surface area (Å²) >= 11 is 0. The summed E-state index contributed by atoms with van der Waals surface area (Å²) in [6.07, 6.45) is 0. The predicted octanol–water partition coefficient (Wildman–Crippen LogP) is 2.11. The number of para-hydroxylation sites is 1. The Morgan fingerprint density at radius 3 is 2.07 bits per heavy atom. The normalized spacial score (nSPS) is 11.8. The summed E-state index contributed by atoms with van der Waals surface area (Å²) < 4.78 is 50.8. The van der Waals surface area contributed by atoms with Crippen LogP contribution in [-0.4, -0.2) is 13.7 Å². The molecule has 0 saturated carbocycles. The molecule has 6 heteroatoms. The first-order valence-corrected chi connectivity index (χ1v) is 5.85. The van der Waals surface area contributed by atoms with Crippen molar-refractivity contribution in [1.29, 1.82) is 0 Å². The summed E-state index contributed by atoms with van der Waals surface area (Å²) in [4.78, 5) is 0. The molecule has 0 heterocycles. The van der Waals surface area contributed by atoms with E-state index >= 15 is 0 Å². The SMILES string of the molecule is CC(C)S(=O)(=O)Nc1c(F)cccc1F. The minimum Gasteiger partial charge on any atom is -0.278 e. The molecule has 0 fully saturated rings. The van der Waals surface area contributed by atoms with E-state index in [1.165, 1.54) is 13.8 Å². The first-order chi connectivity index (χ1) is 6.84.